The summed E-state index contributed by atoms with van der Waals surface area (Å²) in [5.41, 5.74) is 4.75. The SMILES string of the molecule is Cc1cc(Cc2ncsc2CC(C)C)sc1CC(C)C. The molecular weight excluding hydrogens is 282 g/mol. The maximum Gasteiger partial charge on any atom is 0.0797 e. The molecule has 0 amide bonds. The Bertz CT molecular complexity index is 549. The van der Waals surface area contributed by atoms with Crippen LogP contribution in [0.3, 0.4) is 0 Å². The molecule has 0 N–H and O–H groups in total. The molecule has 20 heavy (non-hydrogen) atoms. The zero-order valence-corrected chi connectivity index (χ0v) is 14.8. The highest BCUT2D eigenvalue weighted by Crippen LogP contribution is 2.28. The minimum atomic E-state index is 0.704. The monoisotopic (exact) mass is 307 g/mol. The Balaban J connectivity index is 2.12. The van der Waals surface area contributed by atoms with Crippen molar-refractivity contribution in [2.75, 3.05) is 0 Å². The van der Waals surface area contributed by atoms with Crippen LogP contribution in [0, 0.1) is 18.8 Å². The molecular formula is C17H25NS2. The number of hydrogen-bond acceptors (Lipinski definition) is 3. The summed E-state index contributed by atoms with van der Waals surface area (Å²) >= 11 is 3.79. The van der Waals surface area contributed by atoms with Crippen molar-refractivity contribution in [1.29, 1.82) is 0 Å². The Hall–Kier alpha value is -0.670. The fourth-order valence-electron chi connectivity index (χ4n) is 2.39. The lowest BCUT2D eigenvalue weighted by Gasteiger charge is -2.04. The summed E-state index contributed by atoms with van der Waals surface area (Å²) in [5, 5.41) is 0. The summed E-state index contributed by atoms with van der Waals surface area (Å²) in [5.74, 6) is 1.44. The van der Waals surface area contributed by atoms with Gasteiger partial charge < -0.3 is 0 Å². The molecule has 0 unspecified atom stereocenters. The van der Waals surface area contributed by atoms with E-state index in [1.807, 2.05) is 28.2 Å². The molecule has 0 saturated heterocycles. The molecule has 0 spiro atoms. The predicted octanol–water partition coefficient (Wildman–Crippen LogP) is 5.50. The fourth-order valence-corrected chi connectivity index (χ4v) is 4.79. The van der Waals surface area contributed by atoms with Crippen molar-refractivity contribution in [2.45, 2.75) is 53.9 Å². The average molecular weight is 308 g/mol. The van der Waals surface area contributed by atoms with Crippen LogP contribution >= 0.6 is 22.7 Å². The molecule has 0 aliphatic carbocycles. The molecule has 0 radical (unpaired) electrons. The van der Waals surface area contributed by atoms with E-state index >= 15 is 0 Å². The Morgan fingerprint density at radius 2 is 1.70 bits per heavy atom. The van der Waals surface area contributed by atoms with Crippen LogP contribution in [0.5, 0.6) is 0 Å². The molecule has 0 aromatic carbocycles. The van der Waals surface area contributed by atoms with Gasteiger partial charge in [-0.15, -0.1) is 22.7 Å². The van der Waals surface area contributed by atoms with Crippen molar-refractivity contribution >= 4 is 22.7 Å². The van der Waals surface area contributed by atoms with Gasteiger partial charge >= 0.3 is 0 Å². The number of rotatable bonds is 6. The summed E-state index contributed by atoms with van der Waals surface area (Å²) in [6.07, 6.45) is 3.37. The van der Waals surface area contributed by atoms with Gasteiger partial charge in [0.2, 0.25) is 0 Å². The van der Waals surface area contributed by atoms with Crippen LogP contribution in [0.2, 0.25) is 0 Å². The van der Waals surface area contributed by atoms with Gasteiger partial charge in [-0.25, -0.2) is 4.98 Å². The molecule has 0 aliphatic rings. The first-order valence-electron chi connectivity index (χ1n) is 7.45. The summed E-state index contributed by atoms with van der Waals surface area (Å²) < 4.78 is 0. The van der Waals surface area contributed by atoms with Gasteiger partial charge in [0.1, 0.15) is 0 Å². The smallest absolute Gasteiger partial charge is 0.0797 e. The first-order valence-corrected chi connectivity index (χ1v) is 9.14. The molecule has 110 valence electrons. The Kier molecular flexibility index (Phi) is 5.39. The lowest BCUT2D eigenvalue weighted by Crippen LogP contribution is -1.96. The maximum absolute atomic E-state index is 4.59. The topological polar surface area (TPSA) is 12.9 Å². The largest absolute Gasteiger partial charge is 0.249 e. The number of nitrogens with zero attached hydrogens (tertiary/aromatic N) is 1. The van der Waals surface area contributed by atoms with Crippen molar-refractivity contribution in [2.24, 2.45) is 11.8 Å². The van der Waals surface area contributed by atoms with Crippen molar-refractivity contribution in [3.63, 3.8) is 0 Å². The second-order valence-electron chi connectivity index (χ2n) is 6.41. The third kappa shape index (κ3) is 4.16. The van der Waals surface area contributed by atoms with Gasteiger partial charge in [0.05, 0.1) is 11.2 Å². The van der Waals surface area contributed by atoms with Crippen LogP contribution in [0.15, 0.2) is 11.6 Å². The summed E-state index contributed by atoms with van der Waals surface area (Å²) in [4.78, 5) is 9.08. The average Bonchev–Trinajstić information content (AvgIpc) is 2.87. The summed E-state index contributed by atoms with van der Waals surface area (Å²) in [7, 11) is 0. The summed E-state index contributed by atoms with van der Waals surface area (Å²) in [6, 6.07) is 2.36. The second-order valence-corrected chi connectivity index (χ2v) is 8.57. The van der Waals surface area contributed by atoms with Crippen LogP contribution in [0.25, 0.3) is 0 Å². The Morgan fingerprint density at radius 1 is 1.05 bits per heavy atom. The standard InChI is InChI=1S/C17H25NS2/c1-11(2)6-16-13(5)8-14(20-16)9-15-17(7-12(3)4)19-10-18-15/h8,10-12H,6-7,9H2,1-5H3. The fraction of sp³-hybridized carbons (Fsp3) is 0.588. The minimum Gasteiger partial charge on any atom is -0.249 e. The molecule has 0 saturated carbocycles. The van der Waals surface area contributed by atoms with E-state index in [1.165, 1.54) is 27.4 Å². The summed E-state index contributed by atoms with van der Waals surface area (Å²) in [6.45, 7) is 11.4. The van der Waals surface area contributed by atoms with Gasteiger partial charge in [-0.2, -0.15) is 0 Å². The molecule has 2 rings (SSSR count). The van der Waals surface area contributed by atoms with Crippen molar-refractivity contribution < 1.29 is 0 Å². The maximum atomic E-state index is 4.59. The quantitative estimate of drug-likeness (QED) is 0.686. The van der Waals surface area contributed by atoms with E-state index in [9.17, 15) is 0 Å². The number of aromatic nitrogens is 1. The van der Waals surface area contributed by atoms with Crippen LogP contribution in [0.4, 0.5) is 0 Å². The molecule has 1 nitrogen and oxygen atoms in total. The third-order valence-electron chi connectivity index (χ3n) is 3.33. The lowest BCUT2D eigenvalue weighted by molar-refractivity contribution is 0.649. The van der Waals surface area contributed by atoms with Gasteiger partial charge in [-0.05, 0) is 43.2 Å². The number of thiophene rings is 1. The van der Waals surface area contributed by atoms with Crippen molar-refractivity contribution in [3.8, 4) is 0 Å². The normalized spacial score (nSPS) is 11.8. The van der Waals surface area contributed by atoms with Gasteiger partial charge in [-0.3, -0.25) is 0 Å². The van der Waals surface area contributed by atoms with E-state index in [4.69, 9.17) is 0 Å². The first-order chi connectivity index (χ1) is 9.45. The van der Waals surface area contributed by atoms with E-state index in [0.717, 1.165) is 18.8 Å². The number of aryl methyl sites for hydroxylation is 1. The number of thiazole rings is 1. The van der Waals surface area contributed by atoms with Gasteiger partial charge in [0, 0.05) is 21.1 Å². The van der Waals surface area contributed by atoms with Crippen molar-refractivity contribution in [3.05, 3.63) is 37.5 Å². The Labute approximate surface area is 131 Å². The molecule has 0 aliphatic heterocycles. The molecule has 2 heterocycles. The van der Waals surface area contributed by atoms with E-state index in [2.05, 4.69) is 45.7 Å². The first kappa shape index (κ1) is 15.7. The minimum absolute atomic E-state index is 0.704. The Morgan fingerprint density at radius 3 is 2.35 bits per heavy atom. The van der Waals surface area contributed by atoms with Gasteiger partial charge in [-0.1, -0.05) is 27.7 Å². The van der Waals surface area contributed by atoms with Crippen LogP contribution in [-0.4, -0.2) is 4.98 Å². The van der Waals surface area contributed by atoms with Crippen LogP contribution < -0.4 is 0 Å². The lowest BCUT2D eigenvalue weighted by atomic mass is 10.1. The van der Waals surface area contributed by atoms with E-state index in [0.29, 0.717) is 5.92 Å². The molecule has 2 aromatic heterocycles. The van der Waals surface area contributed by atoms with Crippen LogP contribution in [-0.2, 0) is 19.3 Å². The predicted molar refractivity (Wildman–Crippen MR) is 91.1 cm³/mol. The molecule has 2 aromatic rings. The molecule has 0 bridgehead atoms. The molecule has 3 heteroatoms. The second kappa shape index (κ2) is 6.86. The molecule has 0 atom stereocenters. The van der Waals surface area contributed by atoms with Gasteiger partial charge in [0.25, 0.3) is 0 Å². The molecule has 0 fully saturated rings. The third-order valence-corrected chi connectivity index (χ3v) is 5.48. The zero-order chi connectivity index (χ0) is 14.7. The van der Waals surface area contributed by atoms with Gasteiger partial charge in [0.15, 0.2) is 0 Å². The van der Waals surface area contributed by atoms with E-state index < -0.39 is 0 Å². The number of hydrogen-bond donors (Lipinski definition) is 0. The van der Waals surface area contributed by atoms with E-state index in [1.54, 1.807) is 4.88 Å². The van der Waals surface area contributed by atoms with E-state index in [-0.39, 0.29) is 0 Å². The zero-order valence-electron chi connectivity index (χ0n) is 13.2. The highest BCUT2D eigenvalue weighted by molar-refractivity contribution is 7.12. The van der Waals surface area contributed by atoms with Crippen LogP contribution in [0.1, 0.15) is 53.6 Å². The highest BCUT2D eigenvalue weighted by atomic mass is 32.1. The highest BCUT2D eigenvalue weighted by Gasteiger charge is 2.12. The van der Waals surface area contributed by atoms with Crippen molar-refractivity contribution in [1.82, 2.24) is 4.98 Å².